The summed E-state index contributed by atoms with van der Waals surface area (Å²) in [5.41, 5.74) is 1.09. The Morgan fingerprint density at radius 1 is 1.00 bits per heavy atom. The van der Waals surface area contributed by atoms with E-state index in [0.29, 0.717) is 26.4 Å². The number of amides is 2. The van der Waals surface area contributed by atoms with Crippen molar-refractivity contribution in [1.82, 2.24) is 0 Å². The first kappa shape index (κ1) is 17.6. The van der Waals surface area contributed by atoms with Crippen LogP contribution in [0.15, 0.2) is 42.5 Å². The number of rotatable bonds is 4. The number of hydrogen-bond acceptors (Lipinski definition) is 2. The van der Waals surface area contributed by atoms with Crippen LogP contribution in [-0.2, 0) is 9.59 Å². The van der Waals surface area contributed by atoms with E-state index in [2.05, 4.69) is 5.32 Å². The average Bonchev–Trinajstić information content (AvgIpc) is 2.50. The summed E-state index contributed by atoms with van der Waals surface area (Å²) in [4.78, 5) is 25.3. The molecule has 0 atom stereocenters. The molecule has 2 amide bonds. The zero-order chi connectivity index (χ0) is 17.0. The molecule has 0 unspecified atom stereocenters. The van der Waals surface area contributed by atoms with Crippen molar-refractivity contribution < 1.29 is 9.59 Å². The summed E-state index contributed by atoms with van der Waals surface area (Å²) >= 11 is 17.6. The molecule has 0 saturated heterocycles. The van der Waals surface area contributed by atoms with E-state index < -0.39 is 0 Å². The molecule has 0 spiro atoms. The molecule has 23 heavy (non-hydrogen) atoms. The summed E-state index contributed by atoms with van der Waals surface area (Å²) in [5, 5.41) is 3.97. The number of benzene rings is 2. The van der Waals surface area contributed by atoms with Gasteiger partial charge in [-0.3, -0.25) is 9.59 Å². The van der Waals surface area contributed by atoms with Crippen LogP contribution < -0.4 is 10.2 Å². The molecule has 0 saturated carbocycles. The summed E-state index contributed by atoms with van der Waals surface area (Å²) in [6.07, 6.45) is 0. The third-order valence-corrected chi connectivity index (χ3v) is 4.02. The van der Waals surface area contributed by atoms with Crippen molar-refractivity contribution in [1.29, 1.82) is 0 Å². The molecule has 2 aromatic carbocycles. The number of carbonyl (C=O) groups is 2. The summed E-state index contributed by atoms with van der Waals surface area (Å²) in [5.74, 6) is -0.622. The topological polar surface area (TPSA) is 49.4 Å². The van der Waals surface area contributed by atoms with Crippen LogP contribution in [0.25, 0.3) is 0 Å². The highest BCUT2D eigenvalue weighted by molar-refractivity contribution is 6.42. The lowest BCUT2D eigenvalue weighted by atomic mass is 10.2. The normalized spacial score (nSPS) is 10.3. The fourth-order valence-electron chi connectivity index (χ4n) is 1.91. The first-order chi connectivity index (χ1) is 10.9. The van der Waals surface area contributed by atoms with E-state index in [9.17, 15) is 9.59 Å². The van der Waals surface area contributed by atoms with Gasteiger partial charge >= 0.3 is 0 Å². The molecule has 2 aromatic rings. The van der Waals surface area contributed by atoms with Crippen LogP contribution in [0.1, 0.15) is 6.92 Å². The van der Waals surface area contributed by atoms with Crippen LogP contribution in [0.3, 0.4) is 0 Å². The smallest absolute Gasteiger partial charge is 0.244 e. The summed E-state index contributed by atoms with van der Waals surface area (Å²) in [7, 11) is 0. The maximum atomic E-state index is 12.1. The number of carbonyl (C=O) groups excluding carboxylic acids is 2. The maximum Gasteiger partial charge on any atom is 0.244 e. The Kier molecular flexibility index (Phi) is 5.88. The van der Waals surface area contributed by atoms with Gasteiger partial charge in [-0.1, -0.05) is 34.8 Å². The van der Waals surface area contributed by atoms with Crippen molar-refractivity contribution in [3.63, 3.8) is 0 Å². The second-order valence-electron chi connectivity index (χ2n) is 4.76. The second kappa shape index (κ2) is 7.68. The predicted octanol–water partition coefficient (Wildman–Crippen LogP) is 4.64. The van der Waals surface area contributed by atoms with Crippen LogP contribution in [0, 0.1) is 0 Å². The van der Waals surface area contributed by atoms with Gasteiger partial charge in [-0.05, 0) is 42.5 Å². The molecule has 120 valence electrons. The third kappa shape index (κ3) is 4.86. The monoisotopic (exact) mass is 370 g/mol. The number of nitrogens with zero attached hydrogens (tertiary/aromatic N) is 1. The summed E-state index contributed by atoms with van der Waals surface area (Å²) in [6, 6.07) is 11.4. The molecule has 0 aliphatic heterocycles. The van der Waals surface area contributed by atoms with E-state index in [1.165, 1.54) is 11.8 Å². The quantitative estimate of drug-likeness (QED) is 0.851. The van der Waals surface area contributed by atoms with Crippen molar-refractivity contribution in [3.05, 3.63) is 57.5 Å². The minimum atomic E-state index is -0.339. The molecule has 0 fully saturated rings. The number of hydrogen-bond donors (Lipinski definition) is 1. The Morgan fingerprint density at radius 2 is 1.65 bits per heavy atom. The van der Waals surface area contributed by atoms with Crippen molar-refractivity contribution >= 4 is 58.0 Å². The fraction of sp³-hybridized carbons (Fsp3) is 0.125. The Labute approximate surface area is 148 Å². The van der Waals surface area contributed by atoms with Gasteiger partial charge in [0.1, 0.15) is 6.54 Å². The van der Waals surface area contributed by atoms with Gasteiger partial charge in [0, 0.05) is 23.3 Å². The number of nitrogens with one attached hydrogen (secondary N) is 1. The first-order valence-corrected chi connectivity index (χ1v) is 7.79. The van der Waals surface area contributed by atoms with E-state index in [1.54, 1.807) is 42.5 Å². The molecule has 4 nitrogen and oxygen atoms in total. The maximum absolute atomic E-state index is 12.1. The van der Waals surface area contributed by atoms with Crippen molar-refractivity contribution in [3.8, 4) is 0 Å². The zero-order valence-corrected chi connectivity index (χ0v) is 14.4. The van der Waals surface area contributed by atoms with E-state index in [0.717, 1.165) is 0 Å². The van der Waals surface area contributed by atoms with Crippen LogP contribution in [0.4, 0.5) is 11.4 Å². The largest absolute Gasteiger partial charge is 0.325 e. The van der Waals surface area contributed by atoms with E-state index in [-0.39, 0.29) is 18.4 Å². The lowest BCUT2D eigenvalue weighted by molar-refractivity contribution is -0.120. The highest BCUT2D eigenvalue weighted by atomic mass is 35.5. The van der Waals surface area contributed by atoms with Crippen LogP contribution in [-0.4, -0.2) is 18.4 Å². The van der Waals surface area contributed by atoms with Gasteiger partial charge in [0.25, 0.3) is 0 Å². The first-order valence-electron chi connectivity index (χ1n) is 6.65. The molecule has 0 aliphatic carbocycles. The Morgan fingerprint density at radius 3 is 2.22 bits per heavy atom. The molecule has 0 aromatic heterocycles. The van der Waals surface area contributed by atoms with E-state index in [4.69, 9.17) is 34.8 Å². The zero-order valence-electron chi connectivity index (χ0n) is 12.1. The third-order valence-electron chi connectivity index (χ3n) is 3.02. The Bertz CT molecular complexity index is 733. The Balaban J connectivity index is 2.12. The minimum absolute atomic E-state index is 0.143. The molecule has 0 radical (unpaired) electrons. The molecular weight excluding hydrogens is 359 g/mol. The average molecular weight is 372 g/mol. The number of anilines is 2. The van der Waals surface area contributed by atoms with Crippen LogP contribution in [0.5, 0.6) is 0 Å². The SMILES string of the molecule is CC(=O)N(CC(=O)Nc1ccc(Cl)cc1)c1ccc(Cl)c(Cl)c1. The summed E-state index contributed by atoms with van der Waals surface area (Å²) < 4.78 is 0. The second-order valence-corrected chi connectivity index (χ2v) is 6.01. The molecule has 1 N–H and O–H groups in total. The van der Waals surface area contributed by atoms with Crippen LogP contribution in [0.2, 0.25) is 15.1 Å². The fourth-order valence-corrected chi connectivity index (χ4v) is 2.33. The van der Waals surface area contributed by atoms with Gasteiger partial charge in [-0.15, -0.1) is 0 Å². The predicted molar refractivity (Wildman–Crippen MR) is 94.6 cm³/mol. The lowest BCUT2D eigenvalue weighted by Gasteiger charge is -2.21. The molecule has 2 rings (SSSR count). The molecule has 0 heterocycles. The van der Waals surface area contributed by atoms with E-state index >= 15 is 0 Å². The standard InChI is InChI=1S/C16H13Cl3N2O2/c1-10(22)21(13-6-7-14(18)15(19)8-13)9-16(23)20-12-4-2-11(17)3-5-12/h2-8H,9H2,1H3,(H,20,23). The van der Waals surface area contributed by atoms with Crippen molar-refractivity contribution in [2.45, 2.75) is 6.92 Å². The van der Waals surface area contributed by atoms with Crippen molar-refractivity contribution in [2.24, 2.45) is 0 Å². The molecular formula is C16H13Cl3N2O2. The van der Waals surface area contributed by atoms with Gasteiger partial charge in [-0.2, -0.15) is 0 Å². The van der Waals surface area contributed by atoms with Gasteiger partial charge in [0.05, 0.1) is 10.0 Å². The molecule has 0 bridgehead atoms. The van der Waals surface area contributed by atoms with Gasteiger partial charge in [0.15, 0.2) is 0 Å². The minimum Gasteiger partial charge on any atom is -0.325 e. The lowest BCUT2D eigenvalue weighted by Crippen LogP contribution is -2.36. The molecule has 0 aliphatic rings. The van der Waals surface area contributed by atoms with Crippen LogP contribution >= 0.6 is 34.8 Å². The highest BCUT2D eigenvalue weighted by Crippen LogP contribution is 2.27. The van der Waals surface area contributed by atoms with E-state index in [1.807, 2.05) is 0 Å². The molecule has 7 heteroatoms. The Hall–Kier alpha value is -1.75. The number of halogens is 3. The van der Waals surface area contributed by atoms with Gasteiger partial charge in [-0.25, -0.2) is 0 Å². The van der Waals surface area contributed by atoms with Crippen molar-refractivity contribution in [2.75, 3.05) is 16.8 Å². The van der Waals surface area contributed by atoms with Gasteiger partial charge < -0.3 is 10.2 Å². The highest BCUT2D eigenvalue weighted by Gasteiger charge is 2.17. The van der Waals surface area contributed by atoms with Gasteiger partial charge in [0.2, 0.25) is 11.8 Å². The summed E-state index contributed by atoms with van der Waals surface area (Å²) in [6.45, 7) is 1.23.